The molecule has 1 heterocycles. The van der Waals surface area contributed by atoms with Gasteiger partial charge in [0.05, 0.1) is 0 Å². The number of hydrogen-bond acceptors (Lipinski definition) is 7. The summed E-state index contributed by atoms with van der Waals surface area (Å²) in [5.74, 6) is -1.46. The number of pyridine rings is 1. The van der Waals surface area contributed by atoms with Gasteiger partial charge in [0.15, 0.2) is 0 Å². The van der Waals surface area contributed by atoms with Crippen molar-refractivity contribution < 1.29 is 35.3 Å². The first-order chi connectivity index (χ1) is 13.5. The van der Waals surface area contributed by atoms with Crippen LogP contribution in [-0.2, 0) is 14.9 Å². The third kappa shape index (κ3) is 4.48. The first-order valence-electron chi connectivity index (χ1n) is 8.26. The Balaban J connectivity index is 2.16. The third-order valence-electron chi connectivity index (χ3n) is 3.99. The zero-order chi connectivity index (χ0) is 21.4. The van der Waals surface area contributed by atoms with Crippen LogP contribution in [0.25, 0.3) is 11.1 Å². The van der Waals surface area contributed by atoms with Gasteiger partial charge in [-0.3, -0.25) is 4.79 Å². The van der Waals surface area contributed by atoms with Gasteiger partial charge < -0.3 is 8.92 Å². The average Bonchev–Trinajstić information content (AvgIpc) is 3.44. The van der Waals surface area contributed by atoms with Crippen molar-refractivity contribution in [3.63, 3.8) is 0 Å². The SMILES string of the molecule is CC(=O)Oc1cccc(-c2cc(C3CC3)nc(OS(=O)(=O)C(F)(F)F)c2C#N)c1. The van der Waals surface area contributed by atoms with Gasteiger partial charge in [-0.2, -0.15) is 26.9 Å². The van der Waals surface area contributed by atoms with Crippen LogP contribution < -0.4 is 8.92 Å². The van der Waals surface area contributed by atoms with Crippen molar-refractivity contribution in [2.24, 2.45) is 0 Å². The maximum atomic E-state index is 12.8. The van der Waals surface area contributed by atoms with Crippen LogP contribution in [0.1, 0.15) is 36.9 Å². The fourth-order valence-corrected chi connectivity index (χ4v) is 2.99. The van der Waals surface area contributed by atoms with Crippen molar-refractivity contribution in [1.82, 2.24) is 4.98 Å². The number of alkyl halides is 3. The number of ether oxygens (including phenoxy) is 1. The van der Waals surface area contributed by atoms with E-state index in [4.69, 9.17) is 4.74 Å². The number of carbonyl (C=O) groups is 1. The monoisotopic (exact) mass is 426 g/mol. The minimum atomic E-state index is -6.01. The zero-order valence-corrected chi connectivity index (χ0v) is 15.7. The van der Waals surface area contributed by atoms with Gasteiger partial charge in [-0.1, -0.05) is 12.1 Å². The van der Waals surface area contributed by atoms with Gasteiger partial charge in [0.2, 0.25) is 0 Å². The standard InChI is InChI=1S/C18H13F3N2O5S/c1-10(24)27-13-4-2-3-12(7-13)14-8-16(11-5-6-11)23-17(15(14)9-22)28-29(25,26)18(19,20)21/h2-4,7-8,11H,5-6H2,1H3. The summed E-state index contributed by atoms with van der Waals surface area (Å²) >= 11 is 0. The molecule has 152 valence electrons. The minimum absolute atomic E-state index is 0.0749. The second-order valence-corrected chi connectivity index (χ2v) is 7.80. The number of carbonyl (C=O) groups excluding carboxylic acids is 1. The molecule has 1 aromatic heterocycles. The van der Waals surface area contributed by atoms with E-state index >= 15 is 0 Å². The second kappa shape index (κ2) is 7.36. The maximum Gasteiger partial charge on any atom is 0.534 e. The number of hydrogen-bond donors (Lipinski definition) is 0. The van der Waals surface area contributed by atoms with Crippen LogP contribution in [0, 0.1) is 11.3 Å². The Morgan fingerprint density at radius 1 is 1.28 bits per heavy atom. The fraction of sp³-hybridized carbons (Fsp3) is 0.278. The molecule has 1 fully saturated rings. The Morgan fingerprint density at radius 2 is 1.97 bits per heavy atom. The maximum absolute atomic E-state index is 12.8. The molecule has 1 aromatic carbocycles. The number of nitrogens with zero attached hydrogens (tertiary/aromatic N) is 2. The van der Waals surface area contributed by atoms with Crippen molar-refractivity contribution >= 4 is 16.1 Å². The smallest absolute Gasteiger partial charge is 0.427 e. The predicted molar refractivity (Wildman–Crippen MR) is 93.3 cm³/mol. The van der Waals surface area contributed by atoms with E-state index < -0.39 is 33.0 Å². The van der Waals surface area contributed by atoms with Gasteiger partial charge in [0.1, 0.15) is 17.4 Å². The van der Waals surface area contributed by atoms with Crippen molar-refractivity contribution in [2.45, 2.75) is 31.2 Å². The molecular formula is C18H13F3N2O5S. The molecule has 1 saturated carbocycles. The van der Waals surface area contributed by atoms with E-state index in [2.05, 4.69) is 9.17 Å². The highest BCUT2D eigenvalue weighted by molar-refractivity contribution is 7.87. The van der Waals surface area contributed by atoms with Crippen LogP contribution in [0.5, 0.6) is 11.6 Å². The molecule has 0 aliphatic heterocycles. The summed E-state index contributed by atoms with van der Waals surface area (Å²) in [7, 11) is -6.01. The van der Waals surface area contributed by atoms with E-state index in [0.717, 1.165) is 12.8 Å². The van der Waals surface area contributed by atoms with Gasteiger partial charge in [-0.15, -0.1) is 0 Å². The Morgan fingerprint density at radius 3 is 2.52 bits per heavy atom. The summed E-state index contributed by atoms with van der Waals surface area (Å²) in [5, 5.41) is 9.49. The molecular weight excluding hydrogens is 413 g/mol. The van der Waals surface area contributed by atoms with Gasteiger partial charge in [-0.25, -0.2) is 4.98 Å². The van der Waals surface area contributed by atoms with E-state index in [1.54, 1.807) is 6.07 Å². The molecule has 0 spiro atoms. The summed E-state index contributed by atoms with van der Waals surface area (Å²) in [6, 6.07) is 9.07. The topological polar surface area (TPSA) is 106 Å². The molecule has 11 heteroatoms. The lowest BCUT2D eigenvalue weighted by atomic mass is 9.99. The molecule has 0 unspecified atom stereocenters. The highest BCUT2D eigenvalue weighted by atomic mass is 32.2. The molecule has 1 aliphatic rings. The van der Waals surface area contributed by atoms with E-state index in [-0.39, 0.29) is 17.2 Å². The Bertz CT molecular complexity index is 1120. The van der Waals surface area contributed by atoms with E-state index in [1.165, 1.54) is 37.3 Å². The summed E-state index contributed by atoms with van der Waals surface area (Å²) in [5.41, 5.74) is -5.41. The highest BCUT2D eigenvalue weighted by Crippen LogP contribution is 2.43. The minimum Gasteiger partial charge on any atom is -0.427 e. The number of aromatic nitrogens is 1. The van der Waals surface area contributed by atoms with Crippen LogP contribution in [-0.4, -0.2) is 24.9 Å². The second-order valence-electron chi connectivity index (χ2n) is 6.27. The van der Waals surface area contributed by atoms with Crippen molar-refractivity contribution in [3.8, 4) is 28.8 Å². The van der Waals surface area contributed by atoms with Gasteiger partial charge in [0, 0.05) is 24.1 Å². The first kappa shape index (κ1) is 20.6. The molecule has 0 N–H and O–H groups in total. The number of esters is 1. The average molecular weight is 426 g/mol. The van der Waals surface area contributed by atoms with E-state index in [1.807, 2.05) is 0 Å². The molecule has 3 rings (SSSR count). The van der Waals surface area contributed by atoms with E-state index in [9.17, 15) is 31.6 Å². The van der Waals surface area contributed by atoms with Crippen molar-refractivity contribution in [2.75, 3.05) is 0 Å². The molecule has 0 atom stereocenters. The molecule has 0 saturated heterocycles. The van der Waals surface area contributed by atoms with E-state index in [0.29, 0.717) is 11.3 Å². The predicted octanol–water partition coefficient (Wildman–Crippen LogP) is 3.65. The summed E-state index contributed by atoms with van der Waals surface area (Å²) in [6.07, 6.45) is 1.44. The van der Waals surface area contributed by atoms with Crippen molar-refractivity contribution in [1.29, 1.82) is 5.26 Å². The van der Waals surface area contributed by atoms with Crippen LogP contribution in [0.15, 0.2) is 30.3 Å². The van der Waals surface area contributed by atoms with Crippen LogP contribution in [0.4, 0.5) is 13.2 Å². The molecule has 0 radical (unpaired) electrons. The lowest BCUT2D eigenvalue weighted by Crippen LogP contribution is -2.28. The fourth-order valence-electron chi connectivity index (χ4n) is 2.57. The van der Waals surface area contributed by atoms with Crippen LogP contribution in [0.3, 0.4) is 0 Å². The van der Waals surface area contributed by atoms with Gasteiger partial charge >= 0.3 is 21.6 Å². The Kier molecular flexibility index (Phi) is 5.23. The van der Waals surface area contributed by atoms with Crippen molar-refractivity contribution in [3.05, 3.63) is 41.6 Å². The summed E-state index contributed by atoms with van der Waals surface area (Å²) < 4.78 is 70.3. The van der Waals surface area contributed by atoms with Crippen LogP contribution >= 0.6 is 0 Å². The zero-order valence-electron chi connectivity index (χ0n) is 14.9. The number of halogens is 3. The molecule has 29 heavy (non-hydrogen) atoms. The molecule has 0 bridgehead atoms. The normalized spacial score (nSPS) is 14.2. The molecule has 2 aromatic rings. The Hall–Kier alpha value is -3.13. The van der Waals surface area contributed by atoms with Crippen LogP contribution in [0.2, 0.25) is 0 Å². The quantitative estimate of drug-likeness (QED) is 0.311. The Labute approximate surface area is 163 Å². The summed E-state index contributed by atoms with van der Waals surface area (Å²) in [4.78, 5) is 15.0. The number of rotatable bonds is 5. The largest absolute Gasteiger partial charge is 0.534 e. The molecule has 7 nitrogen and oxygen atoms in total. The molecule has 0 amide bonds. The number of nitriles is 1. The van der Waals surface area contributed by atoms with Gasteiger partial charge in [-0.05, 0) is 36.6 Å². The lowest BCUT2D eigenvalue weighted by molar-refractivity contribution is -0.131. The molecule has 1 aliphatic carbocycles. The number of benzene rings is 1. The van der Waals surface area contributed by atoms with Gasteiger partial charge in [0.25, 0.3) is 5.88 Å². The third-order valence-corrected chi connectivity index (χ3v) is 4.94. The highest BCUT2D eigenvalue weighted by Gasteiger charge is 2.49. The summed E-state index contributed by atoms with van der Waals surface area (Å²) in [6.45, 7) is 1.19. The lowest BCUT2D eigenvalue weighted by Gasteiger charge is -2.14. The first-order valence-corrected chi connectivity index (χ1v) is 9.67.